The zero-order valence-electron chi connectivity index (χ0n) is 6.41. The summed E-state index contributed by atoms with van der Waals surface area (Å²) in [4.78, 5) is -0.0326. The fourth-order valence-corrected chi connectivity index (χ4v) is 1.98. The fraction of sp³-hybridized carbons (Fsp3) is 0.143. The summed E-state index contributed by atoms with van der Waals surface area (Å²) in [5, 5.41) is 5.06. The molecule has 12 heavy (non-hydrogen) atoms. The van der Waals surface area contributed by atoms with Crippen LogP contribution < -0.4 is 5.14 Å². The summed E-state index contributed by atoms with van der Waals surface area (Å²) in [6.45, 7) is 1.82. The van der Waals surface area contributed by atoms with Crippen molar-refractivity contribution in [3.05, 3.63) is 28.8 Å². The summed E-state index contributed by atoms with van der Waals surface area (Å²) in [5.41, 5.74) is 0.896. The molecule has 5 heteroatoms. The van der Waals surface area contributed by atoms with Gasteiger partial charge in [-0.05, 0) is 24.6 Å². The number of nitrogens with two attached hydrogens (primary N) is 1. The van der Waals surface area contributed by atoms with Crippen LogP contribution in [0.5, 0.6) is 0 Å². The molecule has 0 spiro atoms. The third-order valence-corrected chi connectivity index (χ3v) is 2.79. The first kappa shape index (κ1) is 9.51. The van der Waals surface area contributed by atoms with Crippen LogP contribution in [0.1, 0.15) is 5.56 Å². The zero-order chi connectivity index (χ0) is 9.35. The van der Waals surface area contributed by atoms with Gasteiger partial charge in [-0.15, -0.1) is 0 Å². The maximum atomic E-state index is 10.9. The Morgan fingerprint density at radius 2 is 2.00 bits per heavy atom. The molecule has 1 aromatic rings. The van der Waals surface area contributed by atoms with Crippen LogP contribution in [0.3, 0.4) is 0 Å². The Labute approximate surface area is 76.2 Å². The standard InChI is InChI=1S/C7H8ClNO2S/c1-5-2-3-7(6(8)4-5)12(9,10)11/h2-4H,1H3,(H2,9,10,11). The molecule has 0 aromatic heterocycles. The molecule has 0 radical (unpaired) electrons. The second kappa shape index (κ2) is 3.05. The van der Waals surface area contributed by atoms with Crippen molar-refractivity contribution in [2.45, 2.75) is 11.8 Å². The van der Waals surface area contributed by atoms with Crippen LogP contribution in [0.15, 0.2) is 23.1 Å². The van der Waals surface area contributed by atoms with Gasteiger partial charge in [-0.2, -0.15) is 0 Å². The number of halogens is 1. The molecule has 1 aromatic carbocycles. The van der Waals surface area contributed by atoms with Crippen LogP contribution in [-0.2, 0) is 10.0 Å². The number of primary sulfonamides is 1. The van der Waals surface area contributed by atoms with Crippen LogP contribution in [-0.4, -0.2) is 8.42 Å². The third kappa shape index (κ3) is 1.97. The van der Waals surface area contributed by atoms with Gasteiger partial charge in [-0.25, -0.2) is 13.6 Å². The quantitative estimate of drug-likeness (QED) is 0.751. The molecular formula is C7H8ClNO2S. The Morgan fingerprint density at radius 3 is 2.42 bits per heavy atom. The molecule has 0 aliphatic carbocycles. The van der Waals surface area contributed by atoms with Crippen molar-refractivity contribution in [1.29, 1.82) is 0 Å². The SMILES string of the molecule is Cc1ccc(S(N)(=O)=O)c(Cl)c1. The smallest absolute Gasteiger partial charge is 0.225 e. The highest BCUT2D eigenvalue weighted by Crippen LogP contribution is 2.20. The fourth-order valence-electron chi connectivity index (χ4n) is 0.837. The molecule has 0 saturated carbocycles. The molecular weight excluding hydrogens is 198 g/mol. The molecule has 0 heterocycles. The topological polar surface area (TPSA) is 60.2 Å². The van der Waals surface area contributed by atoms with E-state index in [2.05, 4.69) is 0 Å². The van der Waals surface area contributed by atoms with Crippen molar-refractivity contribution < 1.29 is 8.42 Å². The van der Waals surface area contributed by atoms with Crippen molar-refractivity contribution in [1.82, 2.24) is 0 Å². The van der Waals surface area contributed by atoms with Gasteiger partial charge >= 0.3 is 0 Å². The van der Waals surface area contributed by atoms with E-state index in [1.807, 2.05) is 6.92 Å². The maximum Gasteiger partial charge on any atom is 0.239 e. The van der Waals surface area contributed by atoms with E-state index < -0.39 is 10.0 Å². The van der Waals surface area contributed by atoms with Gasteiger partial charge in [0.05, 0.1) is 5.02 Å². The van der Waals surface area contributed by atoms with Gasteiger partial charge in [0, 0.05) is 0 Å². The first-order valence-electron chi connectivity index (χ1n) is 3.20. The number of benzene rings is 1. The molecule has 2 N–H and O–H groups in total. The minimum absolute atomic E-state index is 0.0326. The Morgan fingerprint density at radius 1 is 1.42 bits per heavy atom. The van der Waals surface area contributed by atoms with Crippen LogP contribution >= 0.6 is 11.6 Å². The van der Waals surface area contributed by atoms with Gasteiger partial charge in [0.25, 0.3) is 0 Å². The highest BCUT2D eigenvalue weighted by molar-refractivity contribution is 7.89. The van der Waals surface area contributed by atoms with Crippen molar-refractivity contribution in [2.24, 2.45) is 5.14 Å². The van der Waals surface area contributed by atoms with E-state index in [9.17, 15) is 8.42 Å². The first-order valence-corrected chi connectivity index (χ1v) is 5.12. The minimum atomic E-state index is -3.68. The predicted octanol–water partition coefficient (Wildman–Crippen LogP) is 1.30. The summed E-state index contributed by atoms with van der Waals surface area (Å²) < 4.78 is 21.7. The molecule has 0 saturated heterocycles. The monoisotopic (exact) mass is 205 g/mol. The summed E-state index contributed by atoms with van der Waals surface area (Å²) in [6.07, 6.45) is 0. The Bertz CT molecular complexity index is 400. The van der Waals surface area contributed by atoms with Gasteiger partial charge in [0.2, 0.25) is 10.0 Å². The number of hydrogen-bond acceptors (Lipinski definition) is 2. The van der Waals surface area contributed by atoms with E-state index >= 15 is 0 Å². The van der Waals surface area contributed by atoms with Crippen molar-refractivity contribution in [2.75, 3.05) is 0 Å². The number of sulfonamides is 1. The number of hydrogen-bond donors (Lipinski definition) is 1. The van der Waals surface area contributed by atoms with E-state index in [4.69, 9.17) is 16.7 Å². The Balaban J connectivity index is 3.39. The van der Waals surface area contributed by atoms with Crippen molar-refractivity contribution in [3.8, 4) is 0 Å². The Hall–Kier alpha value is -0.580. The van der Waals surface area contributed by atoms with Gasteiger partial charge in [-0.3, -0.25) is 0 Å². The van der Waals surface area contributed by atoms with Crippen LogP contribution in [0, 0.1) is 6.92 Å². The molecule has 0 fully saturated rings. The van der Waals surface area contributed by atoms with Crippen LogP contribution in [0.25, 0.3) is 0 Å². The molecule has 0 aliphatic heterocycles. The molecule has 0 aliphatic rings. The summed E-state index contributed by atoms with van der Waals surface area (Å²) >= 11 is 5.65. The van der Waals surface area contributed by atoms with Crippen molar-refractivity contribution in [3.63, 3.8) is 0 Å². The molecule has 66 valence electrons. The molecule has 3 nitrogen and oxygen atoms in total. The normalized spacial score (nSPS) is 11.6. The highest BCUT2D eigenvalue weighted by Gasteiger charge is 2.11. The lowest BCUT2D eigenvalue weighted by atomic mass is 10.2. The summed E-state index contributed by atoms with van der Waals surface area (Å²) in [5.74, 6) is 0. The second-order valence-corrected chi connectivity index (χ2v) is 4.42. The lowest BCUT2D eigenvalue weighted by Crippen LogP contribution is -2.12. The minimum Gasteiger partial charge on any atom is -0.225 e. The average Bonchev–Trinajstić information content (AvgIpc) is 1.83. The Kier molecular flexibility index (Phi) is 2.41. The van der Waals surface area contributed by atoms with Gasteiger partial charge in [0.1, 0.15) is 4.90 Å². The molecule has 0 unspecified atom stereocenters. The van der Waals surface area contributed by atoms with Crippen LogP contribution in [0.2, 0.25) is 5.02 Å². The highest BCUT2D eigenvalue weighted by atomic mass is 35.5. The molecule has 0 amide bonds. The number of rotatable bonds is 1. The van der Waals surface area contributed by atoms with Gasteiger partial charge < -0.3 is 0 Å². The van der Waals surface area contributed by atoms with E-state index in [-0.39, 0.29) is 9.92 Å². The van der Waals surface area contributed by atoms with Crippen molar-refractivity contribution >= 4 is 21.6 Å². The second-order valence-electron chi connectivity index (χ2n) is 2.48. The summed E-state index contributed by atoms with van der Waals surface area (Å²) in [7, 11) is -3.68. The third-order valence-electron chi connectivity index (χ3n) is 1.39. The van der Waals surface area contributed by atoms with E-state index in [1.54, 1.807) is 12.1 Å². The van der Waals surface area contributed by atoms with E-state index in [0.29, 0.717) is 0 Å². The van der Waals surface area contributed by atoms with Gasteiger partial charge in [-0.1, -0.05) is 17.7 Å². The molecule has 0 bridgehead atoms. The van der Waals surface area contributed by atoms with Gasteiger partial charge in [0.15, 0.2) is 0 Å². The summed E-state index contributed by atoms with van der Waals surface area (Å²) in [6, 6.07) is 4.60. The molecule has 0 atom stereocenters. The zero-order valence-corrected chi connectivity index (χ0v) is 7.98. The van der Waals surface area contributed by atoms with E-state index in [1.165, 1.54) is 6.07 Å². The average molecular weight is 206 g/mol. The lowest BCUT2D eigenvalue weighted by Gasteiger charge is -2.01. The maximum absolute atomic E-state index is 10.9. The predicted molar refractivity (Wildman–Crippen MR) is 47.6 cm³/mol. The largest absolute Gasteiger partial charge is 0.239 e. The van der Waals surface area contributed by atoms with E-state index in [0.717, 1.165) is 5.56 Å². The lowest BCUT2D eigenvalue weighted by molar-refractivity contribution is 0.598. The number of aryl methyl sites for hydroxylation is 1. The first-order chi connectivity index (χ1) is 5.41. The molecule has 1 rings (SSSR count). The van der Waals surface area contributed by atoms with Crippen LogP contribution in [0.4, 0.5) is 0 Å².